The molecule has 0 saturated carbocycles. The van der Waals surface area contributed by atoms with Crippen molar-refractivity contribution in [3.05, 3.63) is 24.3 Å². The Hall–Kier alpha value is -1.59. The lowest BCUT2D eigenvalue weighted by atomic mass is 10.2. The second-order valence-electron chi connectivity index (χ2n) is 7.15. The van der Waals surface area contributed by atoms with Gasteiger partial charge in [-0.15, -0.1) is 24.0 Å². The van der Waals surface area contributed by atoms with E-state index >= 15 is 0 Å². The van der Waals surface area contributed by atoms with Gasteiger partial charge in [-0.1, -0.05) is 12.1 Å². The molecule has 3 rings (SSSR count). The minimum absolute atomic E-state index is 0. The van der Waals surface area contributed by atoms with Gasteiger partial charge in [-0.3, -0.25) is 14.7 Å². The van der Waals surface area contributed by atoms with Gasteiger partial charge in [-0.25, -0.2) is 0 Å². The van der Waals surface area contributed by atoms with E-state index in [4.69, 9.17) is 9.47 Å². The van der Waals surface area contributed by atoms with Gasteiger partial charge in [0.05, 0.1) is 18.9 Å². The molecule has 0 unspecified atom stereocenters. The van der Waals surface area contributed by atoms with Gasteiger partial charge in [0.1, 0.15) is 5.75 Å². The van der Waals surface area contributed by atoms with E-state index in [1.165, 1.54) is 0 Å². The van der Waals surface area contributed by atoms with E-state index in [1.807, 2.05) is 24.3 Å². The number of anilines is 1. The van der Waals surface area contributed by atoms with Crippen LogP contribution < -0.4 is 20.3 Å². The fraction of sp³-hybridized carbons (Fsp3) is 0.619. The number of nitrogens with zero attached hydrogens (tertiary/aromatic N) is 3. The first kappa shape index (κ1) is 24.7. The van der Waals surface area contributed by atoms with Crippen molar-refractivity contribution in [2.75, 3.05) is 70.5 Å². The van der Waals surface area contributed by atoms with Gasteiger partial charge in [-0.2, -0.15) is 0 Å². The number of halogens is 1. The van der Waals surface area contributed by atoms with Crippen molar-refractivity contribution < 1.29 is 14.3 Å². The molecule has 0 aromatic heterocycles. The molecule has 1 saturated heterocycles. The summed E-state index contributed by atoms with van der Waals surface area (Å²) in [5.74, 6) is 1.61. The van der Waals surface area contributed by atoms with Crippen molar-refractivity contribution >= 4 is 41.5 Å². The van der Waals surface area contributed by atoms with E-state index in [1.54, 1.807) is 4.90 Å². The number of carbonyl (C=O) groups is 1. The highest BCUT2D eigenvalue weighted by molar-refractivity contribution is 14.0. The molecule has 1 aromatic carbocycles. The van der Waals surface area contributed by atoms with Crippen molar-refractivity contribution in [3.8, 4) is 5.75 Å². The zero-order chi connectivity index (χ0) is 20.3. The average Bonchev–Trinajstić information content (AvgIpc) is 2.76. The summed E-state index contributed by atoms with van der Waals surface area (Å²) in [4.78, 5) is 21.1. The number of carbonyl (C=O) groups excluding carboxylic acids is 1. The Kier molecular flexibility index (Phi) is 11.2. The molecule has 2 N–H and O–H groups in total. The summed E-state index contributed by atoms with van der Waals surface area (Å²) in [5, 5.41) is 6.69. The average molecular weight is 531 g/mol. The summed E-state index contributed by atoms with van der Waals surface area (Å²) in [6.07, 6.45) is 1.87. The summed E-state index contributed by atoms with van der Waals surface area (Å²) in [6.45, 7) is 9.99. The van der Waals surface area contributed by atoms with Gasteiger partial charge >= 0.3 is 0 Å². The molecule has 2 aliphatic heterocycles. The number of fused-ring (bicyclic) bond motifs is 1. The van der Waals surface area contributed by atoms with Crippen LogP contribution in [0.5, 0.6) is 5.75 Å². The molecule has 30 heavy (non-hydrogen) atoms. The number of benzene rings is 1. The van der Waals surface area contributed by atoms with Crippen LogP contribution in [-0.4, -0.2) is 82.4 Å². The van der Waals surface area contributed by atoms with Crippen molar-refractivity contribution in [1.82, 2.24) is 15.5 Å². The van der Waals surface area contributed by atoms with Crippen LogP contribution in [0.2, 0.25) is 0 Å². The zero-order valence-electron chi connectivity index (χ0n) is 17.8. The van der Waals surface area contributed by atoms with E-state index in [9.17, 15) is 4.79 Å². The third kappa shape index (κ3) is 7.59. The molecule has 9 heteroatoms. The number of aliphatic imine (C=N–C) groups is 1. The minimum atomic E-state index is 0. The largest absolute Gasteiger partial charge is 0.482 e. The van der Waals surface area contributed by atoms with Crippen LogP contribution in [0.4, 0.5) is 5.69 Å². The van der Waals surface area contributed by atoms with E-state index in [0.29, 0.717) is 13.1 Å². The topological polar surface area (TPSA) is 78.4 Å². The van der Waals surface area contributed by atoms with E-state index in [-0.39, 0.29) is 36.5 Å². The maximum atomic E-state index is 12.2. The molecule has 168 valence electrons. The SMILES string of the molecule is CCNC(=NCCCN1C(=O)COc2ccccc21)NCCCN1CCOCC1.I. The van der Waals surface area contributed by atoms with E-state index in [0.717, 1.165) is 76.2 Å². The molecule has 2 aliphatic rings. The number of nitrogens with one attached hydrogen (secondary N) is 2. The molecule has 1 aromatic rings. The van der Waals surface area contributed by atoms with Crippen LogP contribution >= 0.6 is 24.0 Å². The highest BCUT2D eigenvalue weighted by Crippen LogP contribution is 2.31. The summed E-state index contributed by atoms with van der Waals surface area (Å²) in [5.41, 5.74) is 0.848. The lowest BCUT2D eigenvalue weighted by molar-refractivity contribution is -0.121. The Morgan fingerprint density at radius 1 is 1.13 bits per heavy atom. The first-order valence-corrected chi connectivity index (χ1v) is 10.6. The van der Waals surface area contributed by atoms with Crippen molar-refractivity contribution in [2.45, 2.75) is 19.8 Å². The molecule has 0 spiro atoms. The lowest BCUT2D eigenvalue weighted by Gasteiger charge is -2.29. The Morgan fingerprint density at radius 2 is 1.93 bits per heavy atom. The molecule has 1 fully saturated rings. The summed E-state index contributed by atoms with van der Waals surface area (Å²) in [7, 11) is 0. The molecule has 8 nitrogen and oxygen atoms in total. The first-order chi connectivity index (χ1) is 14.3. The molecular weight excluding hydrogens is 497 g/mol. The zero-order valence-corrected chi connectivity index (χ0v) is 20.1. The highest BCUT2D eigenvalue weighted by Gasteiger charge is 2.24. The second-order valence-corrected chi connectivity index (χ2v) is 7.15. The van der Waals surface area contributed by atoms with E-state index in [2.05, 4.69) is 27.4 Å². The number of amides is 1. The number of rotatable bonds is 9. The maximum Gasteiger partial charge on any atom is 0.265 e. The molecule has 1 amide bonds. The van der Waals surface area contributed by atoms with Crippen LogP contribution in [0, 0.1) is 0 Å². The van der Waals surface area contributed by atoms with E-state index < -0.39 is 0 Å². The van der Waals surface area contributed by atoms with Gasteiger partial charge in [0.15, 0.2) is 12.6 Å². The molecule has 0 atom stereocenters. The molecule has 0 radical (unpaired) electrons. The fourth-order valence-corrected chi connectivity index (χ4v) is 3.49. The molecule has 2 heterocycles. The van der Waals surface area contributed by atoms with Gasteiger partial charge in [0, 0.05) is 39.3 Å². The molecular formula is C21H34IN5O3. The van der Waals surface area contributed by atoms with Crippen LogP contribution in [0.1, 0.15) is 19.8 Å². The normalized spacial score (nSPS) is 17.0. The van der Waals surface area contributed by atoms with Gasteiger partial charge < -0.3 is 25.0 Å². The predicted molar refractivity (Wildman–Crippen MR) is 130 cm³/mol. The van der Waals surface area contributed by atoms with Crippen LogP contribution in [0.3, 0.4) is 0 Å². The Balaban J connectivity index is 0.00000320. The Bertz CT molecular complexity index is 682. The number of para-hydroxylation sites is 2. The third-order valence-electron chi connectivity index (χ3n) is 5.01. The minimum Gasteiger partial charge on any atom is -0.482 e. The number of morpholine rings is 1. The smallest absolute Gasteiger partial charge is 0.265 e. The number of hydrogen-bond donors (Lipinski definition) is 2. The van der Waals surface area contributed by atoms with Crippen LogP contribution in [0.25, 0.3) is 0 Å². The van der Waals surface area contributed by atoms with Crippen molar-refractivity contribution in [2.24, 2.45) is 4.99 Å². The molecule has 0 aliphatic carbocycles. The second kappa shape index (κ2) is 13.7. The Labute approximate surface area is 196 Å². The lowest BCUT2D eigenvalue weighted by Crippen LogP contribution is -2.41. The quantitative estimate of drug-likeness (QED) is 0.219. The Morgan fingerprint density at radius 3 is 2.73 bits per heavy atom. The standard InChI is InChI=1S/C21H33N5O3.HI/c1-2-22-21(23-9-5-11-25-13-15-28-16-14-25)24-10-6-12-26-18-7-3-4-8-19(18)29-17-20(26)27;/h3-4,7-8H,2,5-6,9-17H2,1H3,(H2,22,23,24);1H. The summed E-state index contributed by atoms with van der Waals surface area (Å²) in [6, 6.07) is 7.67. The highest BCUT2D eigenvalue weighted by atomic mass is 127. The number of hydrogen-bond acceptors (Lipinski definition) is 5. The van der Waals surface area contributed by atoms with Gasteiger partial charge in [-0.05, 0) is 38.4 Å². The van der Waals surface area contributed by atoms with Crippen molar-refractivity contribution in [1.29, 1.82) is 0 Å². The van der Waals surface area contributed by atoms with Crippen LogP contribution in [-0.2, 0) is 9.53 Å². The number of ether oxygens (including phenoxy) is 2. The van der Waals surface area contributed by atoms with Crippen molar-refractivity contribution in [3.63, 3.8) is 0 Å². The first-order valence-electron chi connectivity index (χ1n) is 10.6. The molecule has 0 bridgehead atoms. The summed E-state index contributed by atoms with van der Waals surface area (Å²) < 4.78 is 10.9. The van der Waals surface area contributed by atoms with Crippen LogP contribution in [0.15, 0.2) is 29.3 Å². The third-order valence-corrected chi connectivity index (χ3v) is 5.01. The fourth-order valence-electron chi connectivity index (χ4n) is 3.49. The van der Waals surface area contributed by atoms with Gasteiger partial charge in [0.25, 0.3) is 5.91 Å². The summed E-state index contributed by atoms with van der Waals surface area (Å²) >= 11 is 0. The maximum absolute atomic E-state index is 12.2. The monoisotopic (exact) mass is 531 g/mol. The predicted octanol–water partition coefficient (Wildman–Crippen LogP) is 1.70. The number of guanidine groups is 1. The van der Waals surface area contributed by atoms with Gasteiger partial charge in [0.2, 0.25) is 0 Å².